The molecule has 0 atom stereocenters. The average molecular weight is 259 g/mol. The number of imidazole rings is 1. The maximum absolute atomic E-state index is 6.04. The van der Waals surface area contributed by atoms with E-state index in [9.17, 15) is 0 Å². The molecule has 2 aromatic heterocycles. The zero-order valence-electron chi connectivity index (χ0n) is 9.76. The van der Waals surface area contributed by atoms with Gasteiger partial charge in [0, 0.05) is 18.8 Å². The van der Waals surface area contributed by atoms with Crippen LogP contribution < -0.4 is 5.73 Å². The van der Waals surface area contributed by atoms with Crippen molar-refractivity contribution in [2.75, 3.05) is 5.73 Å². The highest BCUT2D eigenvalue weighted by Crippen LogP contribution is 2.28. The van der Waals surface area contributed by atoms with Crippen LogP contribution in [0.5, 0.6) is 0 Å². The van der Waals surface area contributed by atoms with Crippen LogP contribution in [0.25, 0.3) is 22.4 Å². The molecule has 18 heavy (non-hydrogen) atoms. The zero-order chi connectivity index (χ0) is 12.7. The van der Waals surface area contributed by atoms with Crippen molar-refractivity contribution < 1.29 is 0 Å². The third-order valence-corrected chi connectivity index (χ3v) is 3.27. The van der Waals surface area contributed by atoms with E-state index in [1.165, 1.54) is 0 Å². The van der Waals surface area contributed by atoms with Crippen molar-refractivity contribution in [3.05, 3.63) is 41.7 Å². The summed E-state index contributed by atoms with van der Waals surface area (Å²) in [6.45, 7) is 0. The first-order valence-electron chi connectivity index (χ1n) is 5.48. The molecule has 0 spiro atoms. The number of nitrogen functional groups attached to an aromatic ring is 1. The van der Waals surface area contributed by atoms with Crippen LogP contribution in [0.1, 0.15) is 0 Å². The number of benzene rings is 1. The molecule has 0 amide bonds. The summed E-state index contributed by atoms with van der Waals surface area (Å²) in [6.07, 6.45) is 3.53. The maximum Gasteiger partial charge on any atom is 0.140 e. The summed E-state index contributed by atoms with van der Waals surface area (Å²) in [5, 5.41) is 0.540. The molecule has 0 aliphatic heterocycles. The number of aryl methyl sites for hydroxylation is 1. The minimum absolute atomic E-state index is 0.540. The fraction of sp³-hybridized carbons (Fsp3) is 0.0769. The quantitative estimate of drug-likeness (QED) is 0.683. The first-order chi connectivity index (χ1) is 8.66. The molecule has 5 heteroatoms. The molecule has 0 unspecified atom stereocenters. The van der Waals surface area contributed by atoms with E-state index in [1.54, 1.807) is 18.5 Å². The lowest BCUT2D eigenvalue weighted by Gasteiger charge is -2.04. The Labute approximate surface area is 109 Å². The molecule has 2 heterocycles. The highest BCUT2D eigenvalue weighted by atomic mass is 35.5. The first-order valence-corrected chi connectivity index (χ1v) is 5.86. The zero-order valence-corrected chi connectivity index (χ0v) is 10.5. The largest absolute Gasteiger partial charge is 0.398 e. The van der Waals surface area contributed by atoms with Crippen LogP contribution >= 0.6 is 11.6 Å². The molecule has 2 N–H and O–H groups in total. The van der Waals surface area contributed by atoms with Crippen molar-refractivity contribution in [1.29, 1.82) is 0 Å². The van der Waals surface area contributed by atoms with Gasteiger partial charge >= 0.3 is 0 Å². The predicted molar refractivity (Wildman–Crippen MR) is 73.4 cm³/mol. The first kappa shape index (κ1) is 11.0. The molecule has 0 aliphatic carbocycles. The van der Waals surface area contributed by atoms with E-state index in [1.807, 2.05) is 29.8 Å². The second-order valence-corrected chi connectivity index (χ2v) is 4.50. The summed E-state index contributed by atoms with van der Waals surface area (Å²) in [5.74, 6) is 0.847. The summed E-state index contributed by atoms with van der Waals surface area (Å²) in [7, 11) is 1.95. The van der Waals surface area contributed by atoms with E-state index in [0.29, 0.717) is 10.7 Å². The third kappa shape index (κ3) is 1.62. The number of hydrogen-bond acceptors (Lipinski definition) is 3. The normalized spacial score (nSPS) is 11.0. The molecule has 3 rings (SSSR count). The molecule has 3 aromatic rings. The van der Waals surface area contributed by atoms with Crippen molar-refractivity contribution in [2.24, 2.45) is 7.05 Å². The predicted octanol–water partition coefficient (Wildman–Crippen LogP) is 2.87. The summed E-state index contributed by atoms with van der Waals surface area (Å²) >= 11 is 6.04. The topological polar surface area (TPSA) is 56.7 Å². The second kappa shape index (κ2) is 3.99. The molecule has 0 radical (unpaired) electrons. The molecule has 0 fully saturated rings. The third-order valence-electron chi connectivity index (χ3n) is 2.94. The van der Waals surface area contributed by atoms with Gasteiger partial charge in [-0.25, -0.2) is 4.98 Å². The monoisotopic (exact) mass is 258 g/mol. The number of nitrogens with zero attached hydrogens (tertiary/aromatic N) is 3. The number of rotatable bonds is 1. The Hall–Kier alpha value is -2.07. The smallest absolute Gasteiger partial charge is 0.140 e. The van der Waals surface area contributed by atoms with Gasteiger partial charge in [0.2, 0.25) is 0 Å². The maximum atomic E-state index is 6.04. The second-order valence-electron chi connectivity index (χ2n) is 4.10. The number of halogens is 1. The van der Waals surface area contributed by atoms with E-state index in [4.69, 9.17) is 17.3 Å². The minimum atomic E-state index is 0.540. The summed E-state index contributed by atoms with van der Waals surface area (Å²) < 4.78 is 1.99. The van der Waals surface area contributed by atoms with Gasteiger partial charge in [-0.05, 0) is 24.3 Å². The van der Waals surface area contributed by atoms with E-state index >= 15 is 0 Å². The Balaban J connectivity index is 2.25. The van der Waals surface area contributed by atoms with Crippen molar-refractivity contribution in [3.8, 4) is 11.4 Å². The van der Waals surface area contributed by atoms with E-state index < -0.39 is 0 Å². The van der Waals surface area contributed by atoms with Gasteiger partial charge in [-0.3, -0.25) is 4.98 Å². The van der Waals surface area contributed by atoms with Crippen LogP contribution in [0.15, 0.2) is 36.7 Å². The Morgan fingerprint density at radius 2 is 2.11 bits per heavy atom. The van der Waals surface area contributed by atoms with Gasteiger partial charge in [0.15, 0.2) is 0 Å². The van der Waals surface area contributed by atoms with E-state index in [-0.39, 0.29) is 0 Å². The standard InChI is InChI=1S/C13H11ClN4/c1-18-12-7-16-5-4-11(12)17-13(18)8-2-3-10(15)9(14)6-8/h2-7H,15H2,1H3. The van der Waals surface area contributed by atoms with Gasteiger partial charge in [-0.15, -0.1) is 0 Å². The SMILES string of the molecule is Cn1c(-c2ccc(N)c(Cl)c2)nc2ccncc21. The number of fused-ring (bicyclic) bond motifs is 1. The lowest BCUT2D eigenvalue weighted by Crippen LogP contribution is -1.93. The van der Waals surface area contributed by atoms with Crippen LogP contribution in [0.4, 0.5) is 5.69 Å². The Kier molecular flexibility index (Phi) is 2.45. The van der Waals surface area contributed by atoms with Crippen LogP contribution in [0.3, 0.4) is 0 Å². The van der Waals surface area contributed by atoms with Crippen LogP contribution in [-0.4, -0.2) is 14.5 Å². The minimum Gasteiger partial charge on any atom is -0.398 e. The number of hydrogen-bond donors (Lipinski definition) is 1. The summed E-state index contributed by atoms with van der Waals surface area (Å²) in [4.78, 5) is 8.68. The lowest BCUT2D eigenvalue weighted by atomic mass is 10.2. The molecule has 0 aliphatic rings. The van der Waals surface area contributed by atoms with Gasteiger partial charge in [0.25, 0.3) is 0 Å². The molecule has 1 aromatic carbocycles. The highest BCUT2D eigenvalue weighted by molar-refractivity contribution is 6.33. The van der Waals surface area contributed by atoms with Gasteiger partial charge in [-0.1, -0.05) is 11.6 Å². The molecular weight excluding hydrogens is 248 g/mol. The van der Waals surface area contributed by atoms with Crippen molar-refractivity contribution in [1.82, 2.24) is 14.5 Å². The average Bonchev–Trinajstić information content (AvgIpc) is 2.71. The van der Waals surface area contributed by atoms with Crippen molar-refractivity contribution in [2.45, 2.75) is 0 Å². The van der Waals surface area contributed by atoms with E-state index in [2.05, 4.69) is 9.97 Å². The molecule has 0 saturated heterocycles. The Bertz CT molecular complexity index is 733. The van der Waals surface area contributed by atoms with Gasteiger partial charge in [0.05, 0.1) is 27.9 Å². The molecule has 0 bridgehead atoms. The number of nitrogens with two attached hydrogens (primary N) is 1. The molecule has 4 nitrogen and oxygen atoms in total. The van der Waals surface area contributed by atoms with Gasteiger partial charge < -0.3 is 10.3 Å². The van der Waals surface area contributed by atoms with Crippen LogP contribution in [-0.2, 0) is 7.05 Å². The van der Waals surface area contributed by atoms with Crippen molar-refractivity contribution in [3.63, 3.8) is 0 Å². The fourth-order valence-electron chi connectivity index (χ4n) is 1.96. The van der Waals surface area contributed by atoms with Gasteiger partial charge in [0.1, 0.15) is 5.82 Å². The molecular formula is C13H11ClN4. The van der Waals surface area contributed by atoms with Gasteiger partial charge in [-0.2, -0.15) is 0 Å². The lowest BCUT2D eigenvalue weighted by molar-refractivity contribution is 0.956. The Morgan fingerprint density at radius 3 is 2.83 bits per heavy atom. The number of pyridine rings is 1. The summed E-state index contributed by atoms with van der Waals surface area (Å²) in [6, 6.07) is 7.41. The summed E-state index contributed by atoms with van der Waals surface area (Å²) in [5.41, 5.74) is 9.12. The van der Waals surface area contributed by atoms with E-state index in [0.717, 1.165) is 22.4 Å². The highest BCUT2D eigenvalue weighted by Gasteiger charge is 2.10. The van der Waals surface area contributed by atoms with Crippen LogP contribution in [0.2, 0.25) is 5.02 Å². The number of anilines is 1. The fourth-order valence-corrected chi connectivity index (χ4v) is 2.14. The number of aromatic nitrogens is 3. The van der Waals surface area contributed by atoms with Crippen LogP contribution in [0, 0.1) is 0 Å². The van der Waals surface area contributed by atoms with Crippen molar-refractivity contribution >= 4 is 28.3 Å². The molecule has 0 saturated carbocycles. The molecule has 90 valence electrons. The Morgan fingerprint density at radius 1 is 1.28 bits per heavy atom.